The minimum Gasteiger partial charge on any atom is -0.465 e. The van der Waals surface area contributed by atoms with Crippen LogP contribution in [0.1, 0.15) is 50.7 Å². The van der Waals surface area contributed by atoms with E-state index >= 15 is 0 Å². The van der Waals surface area contributed by atoms with Gasteiger partial charge in [0, 0.05) is 6.04 Å². The Labute approximate surface area is 158 Å². The van der Waals surface area contributed by atoms with Gasteiger partial charge in [-0.1, -0.05) is 49.6 Å². The fourth-order valence-corrected chi connectivity index (χ4v) is 4.60. The van der Waals surface area contributed by atoms with Crippen molar-refractivity contribution in [1.82, 2.24) is 4.90 Å². The molecule has 144 valence electrons. The lowest BCUT2D eigenvalue weighted by atomic mass is 9.90. The van der Waals surface area contributed by atoms with E-state index in [2.05, 4.69) is 0 Å². The molecule has 4 atom stereocenters. The summed E-state index contributed by atoms with van der Waals surface area (Å²) in [6.45, 7) is 1.88. The van der Waals surface area contributed by atoms with Gasteiger partial charge < -0.3 is 14.4 Å². The van der Waals surface area contributed by atoms with Crippen molar-refractivity contribution in [3.8, 4) is 0 Å². The molecule has 0 spiro atoms. The zero-order valence-corrected chi connectivity index (χ0v) is 15.5. The van der Waals surface area contributed by atoms with Crippen LogP contribution in [-0.2, 0) is 23.9 Å². The number of epoxide rings is 1. The van der Waals surface area contributed by atoms with E-state index in [1.807, 2.05) is 30.3 Å². The van der Waals surface area contributed by atoms with Crippen LogP contribution in [0.15, 0.2) is 30.3 Å². The van der Waals surface area contributed by atoms with E-state index in [-0.39, 0.29) is 24.9 Å². The van der Waals surface area contributed by atoms with Crippen LogP contribution in [0.5, 0.6) is 0 Å². The summed E-state index contributed by atoms with van der Waals surface area (Å²) in [5.41, 5.74) is 1.00. The number of nitrogens with zero attached hydrogens (tertiary/aromatic N) is 1. The van der Waals surface area contributed by atoms with Crippen molar-refractivity contribution in [2.75, 3.05) is 6.61 Å². The van der Waals surface area contributed by atoms with Gasteiger partial charge in [0.1, 0.15) is 18.1 Å². The van der Waals surface area contributed by atoms with Crippen LogP contribution in [-0.4, -0.2) is 47.4 Å². The van der Waals surface area contributed by atoms with Crippen LogP contribution in [0.4, 0.5) is 0 Å². The van der Waals surface area contributed by atoms with Gasteiger partial charge in [0.25, 0.3) is 5.91 Å². The second-order valence-corrected chi connectivity index (χ2v) is 7.52. The van der Waals surface area contributed by atoms with Crippen LogP contribution < -0.4 is 0 Å². The van der Waals surface area contributed by atoms with Crippen molar-refractivity contribution in [3.63, 3.8) is 0 Å². The SMILES string of the molecule is CCOC(=O)C1C(=O)C(=O)N(C2CCCCC2)C1C1OC1c1ccccc1. The molecule has 0 N–H and O–H groups in total. The third-order valence-electron chi connectivity index (χ3n) is 5.89. The van der Waals surface area contributed by atoms with Gasteiger partial charge in [-0.25, -0.2) is 0 Å². The number of carbonyl (C=O) groups is 3. The minimum atomic E-state index is -1.09. The summed E-state index contributed by atoms with van der Waals surface area (Å²) in [7, 11) is 0. The molecule has 3 fully saturated rings. The number of Topliss-reactive ketones (excluding diaryl/α,β-unsaturated/α-hetero) is 1. The molecule has 6 heteroatoms. The number of benzene rings is 1. The van der Waals surface area contributed by atoms with Crippen LogP contribution in [0.3, 0.4) is 0 Å². The number of hydrogen-bond donors (Lipinski definition) is 0. The normalized spacial score (nSPS) is 31.2. The van der Waals surface area contributed by atoms with Crippen LogP contribution >= 0.6 is 0 Å². The Hall–Kier alpha value is -2.21. The van der Waals surface area contributed by atoms with Crippen molar-refractivity contribution < 1.29 is 23.9 Å². The zero-order valence-electron chi connectivity index (χ0n) is 15.5. The van der Waals surface area contributed by atoms with Crippen molar-refractivity contribution in [3.05, 3.63) is 35.9 Å². The van der Waals surface area contributed by atoms with E-state index in [1.165, 1.54) is 0 Å². The molecular weight excluding hydrogens is 346 g/mol. The van der Waals surface area contributed by atoms with Crippen LogP contribution in [0.2, 0.25) is 0 Å². The monoisotopic (exact) mass is 371 g/mol. The Bertz CT molecular complexity index is 727. The average Bonchev–Trinajstić information content (AvgIpc) is 3.44. The number of ketones is 1. The van der Waals surface area contributed by atoms with Crippen molar-refractivity contribution in [2.24, 2.45) is 5.92 Å². The third-order valence-corrected chi connectivity index (χ3v) is 5.89. The number of esters is 1. The van der Waals surface area contributed by atoms with E-state index in [1.54, 1.807) is 11.8 Å². The van der Waals surface area contributed by atoms with Gasteiger partial charge in [0.2, 0.25) is 5.78 Å². The highest BCUT2D eigenvalue weighted by Gasteiger charge is 2.62. The van der Waals surface area contributed by atoms with E-state index in [9.17, 15) is 14.4 Å². The molecular formula is C21H25NO5. The zero-order chi connectivity index (χ0) is 19.0. The molecule has 2 aliphatic heterocycles. The molecule has 1 amide bonds. The number of rotatable bonds is 5. The average molecular weight is 371 g/mol. The number of ether oxygens (including phenoxy) is 2. The lowest BCUT2D eigenvalue weighted by Crippen LogP contribution is -2.48. The summed E-state index contributed by atoms with van der Waals surface area (Å²) in [5, 5.41) is 0. The van der Waals surface area contributed by atoms with E-state index < -0.39 is 29.6 Å². The second kappa shape index (κ2) is 7.43. The molecule has 1 saturated carbocycles. The van der Waals surface area contributed by atoms with Crippen LogP contribution in [0, 0.1) is 5.92 Å². The molecule has 0 radical (unpaired) electrons. The quantitative estimate of drug-likeness (QED) is 0.344. The molecule has 4 rings (SSSR count). The molecule has 27 heavy (non-hydrogen) atoms. The molecule has 1 aromatic carbocycles. The molecule has 0 aromatic heterocycles. The Morgan fingerprint density at radius 3 is 2.52 bits per heavy atom. The summed E-state index contributed by atoms with van der Waals surface area (Å²) in [4.78, 5) is 39.7. The summed E-state index contributed by atoms with van der Waals surface area (Å²) in [5.74, 6) is -2.89. The largest absolute Gasteiger partial charge is 0.465 e. The molecule has 2 saturated heterocycles. The van der Waals surface area contributed by atoms with Gasteiger partial charge in [-0.15, -0.1) is 0 Å². The topological polar surface area (TPSA) is 76.2 Å². The first kappa shape index (κ1) is 18.2. The predicted octanol–water partition coefficient (Wildman–Crippen LogP) is 2.42. The maximum atomic E-state index is 12.8. The summed E-state index contributed by atoms with van der Waals surface area (Å²) in [6.07, 6.45) is 4.41. The summed E-state index contributed by atoms with van der Waals surface area (Å²) < 4.78 is 11.0. The number of likely N-dealkylation sites (tertiary alicyclic amines) is 1. The van der Waals surface area contributed by atoms with Crippen LogP contribution in [0.25, 0.3) is 0 Å². The highest BCUT2D eigenvalue weighted by Crippen LogP contribution is 2.48. The fourth-order valence-electron chi connectivity index (χ4n) is 4.60. The van der Waals surface area contributed by atoms with E-state index in [0.717, 1.165) is 37.7 Å². The van der Waals surface area contributed by atoms with Crippen molar-refractivity contribution in [1.29, 1.82) is 0 Å². The summed E-state index contributed by atoms with van der Waals surface area (Å²) >= 11 is 0. The maximum Gasteiger partial charge on any atom is 0.319 e. The Balaban J connectivity index is 1.64. The van der Waals surface area contributed by atoms with Gasteiger partial charge in [-0.3, -0.25) is 14.4 Å². The van der Waals surface area contributed by atoms with Crippen molar-refractivity contribution in [2.45, 2.75) is 63.3 Å². The third kappa shape index (κ3) is 3.27. The molecule has 0 bridgehead atoms. The standard InChI is InChI=1S/C21H25NO5/c1-2-26-21(25)15-16(19-18(27-19)13-9-5-3-6-10-13)22(20(24)17(15)23)14-11-7-4-8-12-14/h3,5-6,9-10,14-16,18-19H,2,4,7-8,11-12H2,1H3. The Kier molecular flexibility index (Phi) is 5.00. The van der Waals surface area contributed by atoms with Gasteiger partial charge in [0.05, 0.1) is 12.6 Å². The van der Waals surface area contributed by atoms with Gasteiger partial charge in [0.15, 0.2) is 0 Å². The van der Waals surface area contributed by atoms with Gasteiger partial charge >= 0.3 is 5.97 Å². The van der Waals surface area contributed by atoms with E-state index in [0.29, 0.717) is 0 Å². The predicted molar refractivity (Wildman–Crippen MR) is 96.7 cm³/mol. The van der Waals surface area contributed by atoms with Crippen molar-refractivity contribution >= 4 is 17.7 Å². The number of carbonyl (C=O) groups excluding carboxylic acids is 3. The summed E-state index contributed by atoms with van der Waals surface area (Å²) in [6, 6.07) is 9.15. The Morgan fingerprint density at radius 2 is 1.85 bits per heavy atom. The van der Waals surface area contributed by atoms with E-state index in [4.69, 9.17) is 9.47 Å². The highest BCUT2D eigenvalue weighted by molar-refractivity contribution is 6.42. The highest BCUT2D eigenvalue weighted by atomic mass is 16.6. The first-order chi connectivity index (χ1) is 13.1. The smallest absolute Gasteiger partial charge is 0.319 e. The number of amides is 1. The second-order valence-electron chi connectivity index (χ2n) is 7.52. The lowest BCUT2D eigenvalue weighted by molar-refractivity contribution is -0.152. The minimum absolute atomic E-state index is 0.000231. The Morgan fingerprint density at radius 1 is 1.15 bits per heavy atom. The number of hydrogen-bond acceptors (Lipinski definition) is 5. The molecule has 6 nitrogen and oxygen atoms in total. The van der Waals surface area contributed by atoms with Gasteiger partial charge in [-0.2, -0.15) is 0 Å². The van der Waals surface area contributed by atoms with Gasteiger partial charge in [-0.05, 0) is 25.3 Å². The molecule has 3 aliphatic rings. The molecule has 2 heterocycles. The first-order valence-electron chi connectivity index (χ1n) is 9.87. The first-order valence-corrected chi connectivity index (χ1v) is 9.87. The molecule has 1 aromatic rings. The maximum absolute atomic E-state index is 12.8. The molecule has 4 unspecified atom stereocenters. The fraction of sp³-hybridized carbons (Fsp3) is 0.571. The lowest BCUT2D eigenvalue weighted by Gasteiger charge is -2.35. The molecule has 1 aliphatic carbocycles.